The van der Waals surface area contributed by atoms with E-state index in [0.29, 0.717) is 11.2 Å². The Hall–Kier alpha value is -2.17. The van der Waals surface area contributed by atoms with Crippen molar-refractivity contribution in [1.82, 2.24) is 15.1 Å². The summed E-state index contributed by atoms with van der Waals surface area (Å²) in [6.45, 7) is 0. The fraction of sp³-hybridized carbons (Fsp3) is 0.423. The van der Waals surface area contributed by atoms with E-state index >= 15 is 4.39 Å². The summed E-state index contributed by atoms with van der Waals surface area (Å²) in [6.07, 6.45) is 0.131. The van der Waals surface area contributed by atoms with Gasteiger partial charge in [0.25, 0.3) is 0 Å². The molecule has 0 saturated carbocycles. The second-order valence-electron chi connectivity index (χ2n) is 12.8. The van der Waals surface area contributed by atoms with Crippen molar-refractivity contribution in [2.75, 3.05) is 12.4 Å². The summed E-state index contributed by atoms with van der Waals surface area (Å²) < 4.78 is 21.2. The van der Waals surface area contributed by atoms with Crippen molar-refractivity contribution in [3.8, 4) is 0 Å². The van der Waals surface area contributed by atoms with E-state index in [1.165, 1.54) is 25.2 Å². The second kappa shape index (κ2) is 12.8. The number of hydrogen-bond donors (Lipinski definition) is 2. The highest BCUT2D eigenvalue weighted by Crippen LogP contribution is 2.46. The van der Waals surface area contributed by atoms with Crippen molar-refractivity contribution in [3.05, 3.63) is 64.5 Å². The Labute approximate surface area is 311 Å². The van der Waals surface area contributed by atoms with E-state index in [2.05, 4.69) is 10.6 Å². The van der Waals surface area contributed by atoms with E-state index in [9.17, 15) is 14.4 Å². The third kappa shape index (κ3) is 6.42. The maximum atomic E-state index is 16.0. The highest BCUT2D eigenvalue weighted by Gasteiger charge is 2.60. The molecular formula is C26H16B15FN4O4. The van der Waals surface area contributed by atoms with Gasteiger partial charge < -0.3 is 19.9 Å². The number of aldehydes is 1. The number of rotatable bonds is 9. The van der Waals surface area contributed by atoms with Crippen molar-refractivity contribution < 1.29 is 23.5 Å². The van der Waals surface area contributed by atoms with Crippen LogP contribution in [-0.2, 0) is 30.3 Å². The minimum atomic E-state index is -2.59. The van der Waals surface area contributed by atoms with E-state index in [-0.39, 0.29) is 35.2 Å². The van der Waals surface area contributed by atoms with Crippen LogP contribution in [-0.4, -0.2) is 180 Å². The van der Waals surface area contributed by atoms with Crippen LogP contribution in [0.25, 0.3) is 0 Å². The van der Waals surface area contributed by atoms with Crippen LogP contribution in [0.5, 0.6) is 0 Å². The van der Waals surface area contributed by atoms with Gasteiger partial charge in [0.05, 0.1) is 115 Å². The van der Waals surface area contributed by atoms with Crippen LogP contribution >= 0.6 is 0 Å². The van der Waals surface area contributed by atoms with Crippen LogP contribution in [0.1, 0.15) is 39.9 Å². The molecule has 2 fully saturated rings. The second-order valence-corrected chi connectivity index (χ2v) is 12.8. The molecule has 50 heavy (non-hydrogen) atoms. The number of nitrogens with one attached hydrogen (secondary N) is 2. The average Bonchev–Trinajstić information content (AvgIpc) is 2.96. The summed E-state index contributed by atoms with van der Waals surface area (Å²) in [5, 5.41) is -12.5. The molecular weight excluding hydrogens is 613 g/mol. The summed E-state index contributed by atoms with van der Waals surface area (Å²) in [6, 6.07) is 7.20. The first-order chi connectivity index (χ1) is 22.5. The van der Waals surface area contributed by atoms with Crippen LogP contribution in [0.15, 0.2) is 36.4 Å². The van der Waals surface area contributed by atoms with Crippen molar-refractivity contribution in [1.29, 1.82) is 0 Å². The summed E-state index contributed by atoms with van der Waals surface area (Å²) in [7, 11) is 94.8. The first kappa shape index (κ1) is 40.6. The zero-order valence-corrected chi connectivity index (χ0v) is 27.0. The minimum Gasteiger partial charge on any atom is -0.406 e. The SMILES string of the molecule is [B]C([B])(Nc1cccc(C=O)c1C([B])([B])N(C)C1([B])CCC(=O)NC1=O)c1ccc(C([B])([B])N2C([B])([B])C([B])([B])OC([B])([B])C2([B])[B])cc1F. The molecule has 2 aliphatic rings. The number of piperidine rings is 1. The quantitative estimate of drug-likeness (QED) is 0.163. The molecule has 0 spiro atoms. The van der Waals surface area contributed by atoms with Crippen molar-refractivity contribution in [2.24, 2.45) is 0 Å². The van der Waals surface area contributed by atoms with Gasteiger partial charge >= 0.3 is 0 Å². The zero-order valence-electron chi connectivity index (χ0n) is 27.0. The van der Waals surface area contributed by atoms with Crippen LogP contribution < -0.4 is 10.6 Å². The largest absolute Gasteiger partial charge is 0.406 e. The first-order valence-electron chi connectivity index (χ1n) is 14.6. The summed E-state index contributed by atoms with van der Waals surface area (Å²) in [4.78, 5) is 38.4. The monoisotopic (exact) mass is 632 g/mol. The number of carbonyl (C=O) groups excluding carboxylic acids is 3. The molecule has 30 radical (unpaired) electrons. The Morgan fingerprint density at radius 1 is 0.920 bits per heavy atom. The van der Waals surface area contributed by atoms with E-state index in [1.54, 1.807) is 0 Å². The number of amides is 2. The van der Waals surface area contributed by atoms with Gasteiger partial charge in [-0.3, -0.25) is 19.7 Å². The van der Waals surface area contributed by atoms with Gasteiger partial charge in [0, 0.05) is 17.7 Å². The van der Waals surface area contributed by atoms with Crippen molar-refractivity contribution >= 4 is 141 Å². The Bertz CT molecular complexity index is 1700. The highest BCUT2D eigenvalue weighted by atomic mass is 19.1. The Balaban J connectivity index is 1.76. The summed E-state index contributed by atoms with van der Waals surface area (Å²) in [5.74, 6) is -2.55. The Morgan fingerprint density at radius 2 is 1.48 bits per heavy atom. The zero-order chi connectivity index (χ0) is 38.3. The number of carbonyl (C=O) groups is 3. The van der Waals surface area contributed by atoms with Crippen molar-refractivity contribution in [2.45, 2.75) is 55.8 Å². The number of morpholine rings is 1. The molecule has 0 aliphatic carbocycles. The fourth-order valence-electron chi connectivity index (χ4n) is 5.98. The standard InChI is InChI=1S/C26H16B15FN4O4/c1-45(19(27)8-7-16(48)43-18(19)49)22(32,33)17-11(10-47)3-2-4-15(17)44-20(28,29)13-6-5-12(9-14(13)42)21(30,31)46-23(34,35)25(38,39)50-26(40,41)24(46,36)37/h2-6,9-10,44H,7-8H2,1H3,(H,43,48,49). The molecule has 1 unspecified atom stereocenters. The normalized spacial score (nSPS) is 23.5. The van der Waals surface area contributed by atoms with E-state index in [4.69, 9.17) is 122 Å². The molecule has 216 valence electrons. The topological polar surface area (TPSA) is 91.0 Å². The van der Waals surface area contributed by atoms with Gasteiger partial charge in [-0.05, 0) is 79.8 Å². The van der Waals surface area contributed by atoms with Gasteiger partial charge in [-0.1, -0.05) is 24.3 Å². The fourth-order valence-corrected chi connectivity index (χ4v) is 5.98. The smallest absolute Gasteiger partial charge is 0.237 e. The van der Waals surface area contributed by atoms with E-state index < -0.39 is 66.1 Å². The third-order valence-electron chi connectivity index (χ3n) is 9.08. The maximum Gasteiger partial charge on any atom is 0.237 e. The molecule has 2 amide bonds. The first-order valence-corrected chi connectivity index (χ1v) is 14.6. The molecule has 2 saturated heterocycles. The summed E-state index contributed by atoms with van der Waals surface area (Å²) >= 11 is 0. The molecule has 2 N–H and O–H groups in total. The van der Waals surface area contributed by atoms with Gasteiger partial charge in [0.2, 0.25) is 11.8 Å². The molecule has 24 heteroatoms. The number of hydrogen-bond acceptors (Lipinski definition) is 7. The lowest BCUT2D eigenvalue weighted by molar-refractivity contribution is -0.139. The van der Waals surface area contributed by atoms with Gasteiger partial charge in [-0.2, -0.15) is 0 Å². The number of halogens is 1. The van der Waals surface area contributed by atoms with Gasteiger partial charge in [-0.25, -0.2) is 4.39 Å². The van der Waals surface area contributed by atoms with Crippen LogP contribution in [0.4, 0.5) is 10.1 Å². The minimum absolute atomic E-state index is 0.0762. The molecule has 1 atom stereocenters. The predicted octanol–water partition coefficient (Wildman–Crippen LogP) is -5.38. The Kier molecular flexibility index (Phi) is 10.4. The Morgan fingerprint density at radius 3 is 1.98 bits per heavy atom. The van der Waals surface area contributed by atoms with Crippen LogP contribution in [0, 0.1) is 5.82 Å². The summed E-state index contributed by atoms with van der Waals surface area (Å²) in [5.41, 5.74) is -2.91. The van der Waals surface area contributed by atoms with Crippen molar-refractivity contribution in [3.63, 3.8) is 0 Å². The number of likely N-dealkylation sites (N-methyl/N-ethyl adjacent to an activating group) is 1. The lowest BCUT2D eigenvalue weighted by atomic mass is 9.28. The molecule has 2 heterocycles. The lowest BCUT2D eigenvalue weighted by Gasteiger charge is -2.74. The number of nitrogens with zero attached hydrogens (tertiary/aromatic N) is 2. The molecule has 4 rings (SSSR count). The molecule has 8 nitrogen and oxygen atoms in total. The van der Waals surface area contributed by atoms with E-state index in [1.807, 2.05) is 0 Å². The number of anilines is 1. The average molecular weight is 630 g/mol. The molecule has 0 bridgehead atoms. The highest BCUT2D eigenvalue weighted by molar-refractivity contribution is 6.60. The van der Waals surface area contributed by atoms with Gasteiger partial charge in [0.15, 0.2) is 0 Å². The molecule has 0 aromatic heterocycles. The maximum absolute atomic E-state index is 16.0. The molecule has 2 aliphatic heterocycles. The molecule has 2 aromatic carbocycles. The third-order valence-corrected chi connectivity index (χ3v) is 9.08. The number of benzene rings is 2. The molecule has 2 aromatic rings. The predicted molar refractivity (Wildman–Crippen MR) is 200 cm³/mol. The number of ether oxygens (including phenoxy) is 1. The van der Waals surface area contributed by atoms with Crippen LogP contribution in [0.3, 0.4) is 0 Å². The number of imide groups is 1. The lowest BCUT2D eigenvalue weighted by Crippen LogP contribution is -2.88. The van der Waals surface area contributed by atoms with Gasteiger partial charge in [0.1, 0.15) is 19.9 Å². The van der Waals surface area contributed by atoms with E-state index in [0.717, 1.165) is 23.1 Å². The van der Waals surface area contributed by atoms with Gasteiger partial charge in [-0.15, -0.1) is 0 Å². The van der Waals surface area contributed by atoms with Crippen LogP contribution in [0.2, 0.25) is 0 Å².